The zero-order valence-electron chi connectivity index (χ0n) is 6.14. The van der Waals surface area contributed by atoms with Crippen molar-refractivity contribution in [3.8, 4) is 0 Å². The lowest BCUT2D eigenvalue weighted by atomic mass is 10.1. The fourth-order valence-electron chi connectivity index (χ4n) is 0.838. The molecule has 1 aromatic rings. The molecule has 0 aromatic heterocycles. The van der Waals surface area contributed by atoms with Crippen molar-refractivity contribution in [2.75, 3.05) is 0 Å². The summed E-state index contributed by atoms with van der Waals surface area (Å²) in [5.74, 6) is -0.258. The van der Waals surface area contributed by atoms with Crippen LogP contribution in [0, 0.1) is 5.82 Å². The Morgan fingerprint density at radius 3 is 2.55 bits per heavy atom. The van der Waals surface area contributed by atoms with E-state index >= 15 is 0 Å². The number of benzene rings is 1. The van der Waals surface area contributed by atoms with Crippen LogP contribution in [-0.4, -0.2) is 0 Å². The second kappa shape index (κ2) is 3.32. The SMILES string of the molecule is C[C@@H](N)c1cc(F)cc(Br)c1. The first-order valence-electron chi connectivity index (χ1n) is 3.31. The molecule has 1 nitrogen and oxygen atoms in total. The highest BCUT2D eigenvalue weighted by molar-refractivity contribution is 9.10. The third-order valence-electron chi connectivity index (χ3n) is 1.41. The normalized spacial score (nSPS) is 13.1. The average Bonchev–Trinajstić information content (AvgIpc) is 1.85. The molecule has 0 fully saturated rings. The number of nitrogens with two attached hydrogens (primary N) is 1. The molecule has 0 bridgehead atoms. The van der Waals surface area contributed by atoms with E-state index in [4.69, 9.17) is 5.73 Å². The highest BCUT2D eigenvalue weighted by atomic mass is 79.9. The summed E-state index contributed by atoms with van der Waals surface area (Å²) >= 11 is 3.19. The Kier molecular flexibility index (Phi) is 2.62. The molecule has 1 rings (SSSR count). The zero-order valence-corrected chi connectivity index (χ0v) is 7.73. The van der Waals surface area contributed by atoms with E-state index in [-0.39, 0.29) is 11.9 Å². The fourth-order valence-corrected chi connectivity index (χ4v) is 1.32. The molecule has 1 atom stereocenters. The van der Waals surface area contributed by atoms with Crippen LogP contribution in [0.3, 0.4) is 0 Å². The van der Waals surface area contributed by atoms with Gasteiger partial charge in [0, 0.05) is 10.5 Å². The lowest BCUT2D eigenvalue weighted by Gasteiger charge is -2.05. The van der Waals surface area contributed by atoms with E-state index in [0.29, 0.717) is 0 Å². The average molecular weight is 218 g/mol. The predicted octanol–water partition coefficient (Wildman–Crippen LogP) is 2.61. The van der Waals surface area contributed by atoms with Crippen LogP contribution in [0.5, 0.6) is 0 Å². The minimum atomic E-state index is -0.258. The van der Waals surface area contributed by atoms with E-state index in [1.54, 1.807) is 0 Å². The molecule has 0 saturated carbocycles. The quantitative estimate of drug-likeness (QED) is 0.770. The molecule has 3 heteroatoms. The van der Waals surface area contributed by atoms with Gasteiger partial charge in [-0.1, -0.05) is 15.9 Å². The van der Waals surface area contributed by atoms with Gasteiger partial charge in [-0.15, -0.1) is 0 Å². The third-order valence-corrected chi connectivity index (χ3v) is 1.87. The maximum Gasteiger partial charge on any atom is 0.124 e. The summed E-state index contributed by atoms with van der Waals surface area (Å²) in [6, 6.07) is 4.54. The van der Waals surface area contributed by atoms with E-state index in [9.17, 15) is 4.39 Å². The molecular formula is C8H9BrFN. The summed E-state index contributed by atoms with van der Waals surface area (Å²) in [5.41, 5.74) is 6.37. The molecule has 0 amide bonds. The molecule has 0 unspecified atom stereocenters. The Morgan fingerprint density at radius 2 is 2.09 bits per heavy atom. The van der Waals surface area contributed by atoms with Crippen LogP contribution in [0.1, 0.15) is 18.5 Å². The van der Waals surface area contributed by atoms with Gasteiger partial charge in [0.05, 0.1) is 0 Å². The van der Waals surface area contributed by atoms with Crippen molar-refractivity contribution < 1.29 is 4.39 Å². The zero-order chi connectivity index (χ0) is 8.43. The van der Waals surface area contributed by atoms with Crippen LogP contribution in [0.25, 0.3) is 0 Å². The van der Waals surface area contributed by atoms with E-state index in [0.717, 1.165) is 10.0 Å². The summed E-state index contributed by atoms with van der Waals surface area (Å²) in [7, 11) is 0. The Hall–Kier alpha value is -0.410. The summed E-state index contributed by atoms with van der Waals surface area (Å²) < 4.78 is 13.4. The van der Waals surface area contributed by atoms with Crippen molar-refractivity contribution in [2.45, 2.75) is 13.0 Å². The van der Waals surface area contributed by atoms with Crippen LogP contribution in [-0.2, 0) is 0 Å². The van der Waals surface area contributed by atoms with Crippen molar-refractivity contribution in [3.05, 3.63) is 34.1 Å². The minimum Gasteiger partial charge on any atom is -0.324 e. The lowest BCUT2D eigenvalue weighted by molar-refractivity contribution is 0.621. The van der Waals surface area contributed by atoms with Gasteiger partial charge in [0.1, 0.15) is 5.82 Å². The van der Waals surface area contributed by atoms with Crippen molar-refractivity contribution in [1.29, 1.82) is 0 Å². The second-order valence-electron chi connectivity index (χ2n) is 2.49. The number of hydrogen-bond acceptors (Lipinski definition) is 1. The van der Waals surface area contributed by atoms with E-state index in [1.807, 2.05) is 13.0 Å². The third kappa shape index (κ3) is 2.27. The fraction of sp³-hybridized carbons (Fsp3) is 0.250. The molecule has 60 valence electrons. The van der Waals surface area contributed by atoms with Gasteiger partial charge in [-0.05, 0) is 30.7 Å². The van der Waals surface area contributed by atoms with Crippen LogP contribution < -0.4 is 5.73 Å². The largest absolute Gasteiger partial charge is 0.324 e. The molecule has 0 aliphatic carbocycles. The summed E-state index contributed by atoms with van der Waals surface area (Å²) in [5, 5.41) is 0. The maximum atomic E-state index is 12.7. The smallest absolute Gasteiger partial charge is 0.124 e. The molecular weight excluding hydrogens is 209 g/mol. The summed E-state index contributed by atoms with van der Waals surface area (Å²) in [4.78, 5) is 0. The maximum absolute atomic E-state index is 12.7. The van der Waals surface area contributed by atoms with Gasteiger partial charge in [-0.3, -0.25) is 0 Å². The van der Waals surface area contributed by atoms with Crippen LogP contribution in [0.2, 0.25) is 0 Å². The van der Waals surface area contributed by atoms with Gasteiger partial charge in [-0.25, -0.2) is 4.39 Å². The van der Waals surface area contributed by atoms with Gasteiger partial charge in [0.15, 0.2) is 0 Å². The Balaban J connectivity index is 3.08. The molecule has 0 spiro atoms. The Labute approximate surface area is 73.5 Å². The van der Waals surface area contributed by atoms with Crippen LogP contribution >= 0.6 is 15.9 Å². The van der Waals surface area contributed by atoms with Gasteiger partial charge >= 0.3 is 0 Å². The molecule has 0 heterocycles. The first kappa shape index (κ1) is 8.68. The molecule has 1 aromatic carbocycles. The highest BCUT2D eigenvalue weighted by Gasteiger charge is 2.02. The van der Waals surface area contributed by atoms with Crippen molar-refractivity contribution in [2.24, 2.45) is 5.73 Å². The topological polar surface area (TPSA) is 26.0 Å². The Bertz CT molecular complexity index is 240. The molecule has 11 heavy (non-hydrogen) atoms. The first-order chi connectivity index (χ1) is 5.09. The molecule has 0 radical (unpaired) electrons. The van der Waals surface area contributed by atoms with Crippen molar-refractivity contribution >= 4 is 15.9 Å². The number of rotatable bonds is 1. The van der Waals surface area contributed by atoms with E-state index < -0.39 is 0 Å². The van der Waals surface area contributed by atoms with Gasteiger partial charge in [0.2, 0.25) is 0 Å². The van der Waals surface area contributed by atoms with Gasteiger partial charge in [-0.2, -0.15) is 0 Å². The van der Waals surface area contributed by atoms with E-state index in [1.165, 1.54) is 12.1 Å². The van der Waals surface area contributed by atoms with Gasteiger partial charge < -0.3 is 5.73 Å². The van der Waals surface area contributed by atoms with Crippen LogP contribution in [0.15, 0.2) is 22.7 Å². The molecule has 0 saturated heterocycles. The molecule has 2 N–H and O–H groups in total. The standard InChI is InChI=1S/C8H9BrFN/c1-5(11)6-2-7(9)4-8(10)3-6/h2-5H,11H2,1H3/t5-/m1/s1. The first-order valence-corrected chi connectivity index (χ1v) is 4.10. The Morgan fingerprint density at radius 1 is 1.45 bits per heavy atom. The summed E-state index contributed by atoms with van der Waals surface area (Å²) in [6.07, 6.45) is 0. The van der Waals surface area contributed by atoms with Crippen molar-refractivity contribution in [1.82, 2.24) is 0 Å². The van der Waals surface area contributed by atoms with Crippen molar-refractivity contribution in [3.63, 3.8) is 0 Å². The molecule has 0 aliphatic heterocycles. The number of hydrogen-bond donors (Lipinski definition) is 1. The second-order valence-corrected chi connectivity index (χ2v) is 3.41. The minimum absolute atomic E-state index is 0.123. The van der Waals surface area contributed by atoms with Gasteiger partial charge in [0.25, 0.3) is 0 Å². The number of halogens is 2. The highest BCUT2D eigenvalue weighted by Crippen LogP contribution is 2.18. The predicted molar refractivity (Wildman–Crippen MR) is 46.7 cm³/mol. The van der Waals surface area contributed by atoms with Crippen LogP contribution in [0.4, 0.5) is 4.39 Å². The lowest BCUT2D eigenvalue weighted by Crippen LogP contribution is -2.04. The van der Waals surface area contributed by atoms with E-state index in [2.05, 4.69) is 15.9 Å². The summed E-state index contributed by atoms with van der Waals surface area (Å²) in [6.45, 7) is 1.82. The molecule has 0 aliphatic rings. The monoisotopic (exact) mass is 217 g/mol.